The minimum Gasteiger partial charge on any atom is -0.481 e. The molecule has 1 amide bonds. The van der Waals surface area contributed by atoms with Gasteiger partial charge >= 0.3 is 5.97 Å². The molecule has 1 heterocycles. The van der Waals surface area contributed by atoms with Gasteiger partial charge in [0.15, 0.2) is 0 Å². The zero-order valence-corrected chi connectivity index (χ0v) is 11.6. The average molecular weight is 293 g/mol. The molecule has 1 saturated heterocycles. The fourth-order valence-electron chi connectivity index (χ4n) is 2.18. The van der Waals surface area contributed by atoms with Crippen LogP contribution < -0.4 is 0 Å². The van der Waals surface area contributed by atoms with Crippen molar-refractivity contribution in [2.75, 3.05) is 13.1 Å². The summed E-state index contributed by atoms with van der Waals surface area (Å²) >= 11 is 5.81. The third-order valence-electron chi connectivity index (χ3n) is 3.36. The molecular formula is C15H15ClNO3. The van der Waals surface area contributed by atoms with Gasteiger partial charge in [-0.25, -0.2) is 0 Å². The van der Waals surface area contributed by atoms with E-state index in [1.54, 1.807) is 23.1 Å². The Labute approximate surface area is 122 Å². The van der Waals surface area contributed by atoms with Crippen LogP contribution in [0.25, 0.3) is 6.08 Å². The quantitative estimate of drug-likeness (QED) is 0.871. The normalized spacial score (nSPS) is 16.6. The van der Waals surface area contributed by atoms with Crippen molar-refractivity contribution in [1.82, 2.24) is 4.90 Å². The molecule has 1 radical (unpaired) electrons. The summed E-state index contributed by atoms with van der Waals surface area (Å²) in [6, 6.07) is 8.05. The van der Waals surface area contributed by atoms with Crippen molar-refractivity contribution in [3.63, 3.8) is 0 Å². The Morgan fingerprint density at radius 1 is 1.40 bits per heavy atom. The highest BCUT2D eigenvalue weighted by Gasteiger charge is 2.25. The van der Waals surface area contributed by atoms with E-state index in [-0.39, 0.29) is 11.8 Å². The second-order valence-corrected chi connectivity index (χ2v) is 5.15. The van der Waals surface area contributed by atoms with E-state index in [4.69, 9.17) is 16.7 Å². The van der Waals surface area contributed by atoms with Gasteiger partial charge in [-0.3, -0.25) is 9.59 Å². The number of benzene rings is 1. The van der Waals surface area contributed by atoms with Gasteiger partial charge in [0.1, 0.15) is 0 Å². The summed E-state index contributed by atoms with van der Waals surface area (Å²) in [5, 5.41) is 9.41. The van der Waals surface area contributed by atoms with E-state index in [1.807, 2.05) is 6.07 Å². The fraction of sp³-hybridized carbons (Fsp3) is 0.333. The van der Waals surface area contributed by atoms with Crippen molar-refractivity contribution < 1.29 is 14.7 Å². The molecule has 20 heavy (non-hydrogen) atoms. The van der Waals surface area contributed by atoms with Gasteiger partial charge in [0.25, 0.3) is 0 Å². The molecule has 0 spiro atoms. The average Bonchev–Trinajstić information content (AvgIpc) is 2.45. The number of carboxylic acids is 1. The van der Waals surface area contributed by atoms with Gasteiger partial charge in [0, 0.05) is 30.3 Å². The van der Waals surface area contributed by atoms with Crippen molar-refractivity contribution in [3.05, 3.63) is 40.9 Å². The Kier molecular flexibility index (Phi) is 4.79. The highest BCUT2D eigenvalue weighted by atomic mass is 35.5. The van der Waals surface area contributed by atoms with E-state index in [1.165, 1.54) is 6.08 Å². The molecule has 4 nitrogen and oxygen atoms in total. The molecule has 105 valence electrons. The largest absolute Gasteiger partial charge is 0.481 e. The molecule has 0 unspecified atom stereocenters. The molecule has 0 aliphatic carbocycles. The van der Waals surface area contributed by atoms with Crippen molar-refractivity contribution in [2.45, 2.75) is 12.8 Å². The number of hydrogen-bond donors (Lipinski definition) is 1. The molecular weight excluding hydrogens is 278 g/mol. The van der Waals surface area contributed by atoms with Gasteiger partial charge in [-0.2, -0.15) is 0 Å². The summed E-state index contributed by atoms with van der Waals surface area (Å²) in [6.07, 6.45) is 4.22. The van der Waals surface area contributed by atoms with Crippen molar-refractivity contribution in [3.8, 4) is 0 Å². The maximum Gasteiger partial charge on any atom is 0.306 e. The van der Waals surface area contributed by atoms with Crippen molar-refractivity contribution >= 4 is 29.6 Å². The van der Waals surface area contributed by atoms with Gasteiger partial charge in [-0.1, -0.05) is 23.7 Å². The van der Waals surface area contributed by atoms with Gasteiger partial charge in [-0.15, -0.1) is 0 Å². The third kappa shape index (κ3) is 3.84. The van der Waals surface area contributed by atoms with E-state index in [2.05, 4.69) is 6.07 Å². The number of nitrogens with zero attached hydrogens (tertiary/aromatic N) is 1. The number of aliphatic carboxylic acids is 1. The lowest BCUT2D eigenvalue weighted by Crippen LogP contribution is -2.39. The third-order valence-corrected chi connectivity index (χ3v) is 3.58. The molecule has 0 atom stereocenters. The molecule has 2 rings (SSSR count). The standard InChI is InChI=1S/C15H15ClNO3/c16-13-3-1-2-11(10-13)4-5-14(18)17-8-6-12(7-9-17)15(19)20/h1-2,4-5,10,12H,6-9H2,(H,19,20)/b5-4+. The second kappa shape index (κ2) is 6.57. The van der Waals surface area contributed by atoms with Crippen LogP contribution in [-0.2, 0) is 9.59 Å². The predicted octanol–water partition coefficient (Wildman–Crippen LogP) is 2.48. The topological polar surface area (TPSA) is 57.6 Å². The first-order valence-electron chi connectivity index (χ1n) is 6.43. The summed E-state index contributed by atoms with van der Waals surface area (Å²) in [5.74, 6) is -1.20. The van der Waals surface area contributed by atoms with Crippen LogP contribution >= 0.6 is 11.6 Å². The first-order valence-corrected chi connectivity index (χ1v) is 6.81. The maximum atomic E-state index is 12.0. The number of hydrogen-bond acceptors (Lipinski definition) is 2. The number of carbonyl (C=O) groups excluding carboxylic acids is 1. The number of carboxylic acid groups (broad SMARTS) is 1. The molecule has 5 heteroatoms. The smallest absolute Gasteiger partial charge is 0.306 e. The van der Waals surface area contributed by atoms with Crippen LogP contribution in [0.2, 0.25) is 5.02 Å². The summed E-state index contributed by atoms with van der Waals surface area (Å²) in [7, 11) is 0. The van der Waals surface area contributed by atoms with Crippen LogP contribution in [0.4, 0.5) is 0 Å². The number of likely N-dealkylation sites (tertiary alicyclic amines) is 1. The zero-order chi connectivity index (χ0) is 14.5. The first-order chi connectivity index (χ1) is 9.56. The maximum absolute atomic E-state index is 12.0. The van der Waals surface area contributed by atoms with Crippen LogP contribution in [0.3, 0.4) is 0 Å². The summed E-state index contributed by atoms with van der Waals surface area (Å²) < 4.78 is 0. The van der Waals surface area contributed by atoms with Crippen LogP contribution in [0.1, 0.15) is 18.4 Å². The van der Waals surface area contributed by atoms with Gasteiger partial charge < -0.3 is 10.0 Å². The number of halogens is 1. The van der Waals surface area contributed by atoms with E-state index >= 15 is 0 Å². The second-order valence-electron chi connectivity index (χ2n) is 4.74. The molecule has 1 aromatic carbocycles. The SMILES string of the molecule is O=C(O)C1CCN(C(=O)/C=C/c2cc[c]c(Cl)c2)CC1. The lowest BCUT2D eigenvalue weighted by atomic mass is 9.97. The molecule has 1 aromatic rings. The monoisotopic (exact) mass is 292 g/mol. The molecule has 0 bridgehead atoms. The van der Waals surface area contributed by atoms with Crippen LogP contribution in [-0.4, -0.2) is 35.0 Å². The van der Waals surface area contributed by atoms with Crippen molar-refractivity contribution in [1.29, 1.82) is 0 Å². The highest BCUT2D eigenvalue weighted by molar-refractivity contribution is 6.30. The minimum atomic E-state index is -0.775. The molecule has 1 aliphatic heterocycles. The molecule has 0 saturated carbocycles. The molecule has 0 aromatic heterocycles. The van der Waals surface area contributed by atoms with E-state index in [9.17, 15) is 9.59 Å². The molecule has 1 aliphatic rings. The lowest BCUT2D eigenvalue weighted by molar-refractivity contribution is -0.144. The van der Waals surface area contributed by atoms with Crippen LogP contribution in [0, 0.1) is 12.0 Å². The number of piperidine rings is 1. The minimum absolute atomic E-state index is 0.0993. The Bertz CT molecular complexity index is 534. The van der Waals surface area contributed by atoms with Crippen molar-refractivity contribution in [2.24, 2.45) is 5.92 Å². The van der Waals surface area contributed by atoms with Gasteiger partial charge in [0.05, 0.1) is 5.92 Å². The van der Waals surface area contributed by atoms with E-state index < -0.39 is 5.97 Å². The van der Waals surface area contributed by atoms with E-state index in [0.717, 1.165) is 5.56 Å². The van der Waals surface area contributed by atoms with E-state index in [0.29, 0.717) is 31.0 Å². The fourth-order valence-corrected chi connectivity index (χ4v) is 2.37. The van der Waals surface area contributed by atoms with Gasteiger partial charge in [-0.05, 0) is 30.5 Å². The number of carbonyl (C=O) groups is 2. The number of amides is 1. The van der Waals surface area contributed by atoms with Gasteiger partial charge in [0.2, 0.25) is 5.91 Å². The summed E-state index contributed by atoms with van der Waals surface area (Å²) in [5.41, 5.74) is 0.836. The van der Waals surface area contributed by atoms with Crippen LogP contribution in [0.15, 0.2) is 24.3 Å². The zero-order valence-electron chi connectivity index (χ0n) is 10.9. The highest BCUT2D eigenvalue weighted by Crippen LogP contribution is 2.18. The summed E-state index contributed by atoms with van der Waals surface area (Å²) in [6.45, 7) is 0.979. The Balaban J connectivity index is 1.91. The Morgan fingerprint density at radius 2 is 2.10 bits per heavy atom. The Morgan fingerprint density at radius 3 is 2.70 bits per heavy atom. The van der Waals surface area contributed by atoms with Crippen LogP contribution in [0.5, 0.6) is 0 Å². The molecule has 1 N–H and O–H groups in total. The Hall–Kier alpha value is -1.81. The molecule has 1 fully saturated rings. The lowest BCUT2D eigenvalue weighted by Gasteiger charge is -2.29. The first kappa shape index (κ1) is 14.6. The predicted molar refractivity (Wildman–Crippen MR) is 76.3 cm³/mol. The summed E-state index contributed by atoms with van der Waals surface area (Å²) in [4.78, 5) is 24.5. The number of rotatable bonds is 3.